The standard InChI is InChI=1S/C37H25BN3P/c39-26-32-24-29(25-33(27-40)42(32,30-16-6-2-7-17-30)31-18-8-3-9-19-31)41-36-22-12-10-20-34(36)38(28-14-4-1-5-15-28)35-21-11-13-23-37(35)41/h1-25H. The molecule has 42 heavy (non-hydrogen) atoms. The average molecular weight is 553 g/mol. The monoisotopic (exact) mass is 553 g/mol. The van der Waals surface area contributed by atoms with E-state index in [1.165, 1.54) is 16.4 Å². The van der Waals surface area contributed by atoms with E-state index in [1.807, 2.05) is 54.6 Å². The normalized spacial score (nSPS) is 15.0. The van der Waals surface area contributed by atoms with Crippen molar-refractivity contribution in [1.82, 2.24) is 0 Å². The van der Waals surface area contributed by atoms with Gasteiger partial charge in [-0.1, -0.05) is 133 Å². The highest BCUT2D eigenvalue weighted by atomic mass is 31.2. The van der Waals surface area contributed by atoms with Crippen LogP contribution in [0.5, 0.6) is 0 Å². The van der Waals surface area contributed by atoms with Crippen molar-refractivity contribution in [3.63, 3.8) is 0 Å². The first kappa shape index (κ1) is 25.7. The van der Waals surface area contributed by atoms with Crippen molar-refractivity contribution in [3.05, 3.63) is 163 Å². The van der Waals surface area contributed by atoms with E-state index < -0.39 is 6.89 Å². The number of para-hydroxylation sites is 2. The summed E-state index contributed by atoms with van der Waals surface area (Å²) in [6, 6.07) is 52.8. The van der Waals surface area contributed by atoms with Crippen molar-refractivity contribution in [2.24, 2.45) is 0 Å². The molecule has 0 spiro atoms. The van der Waals surface area contributed by atoms with Gasteiger partial charge in [-0.05, 0) is 45.8 Å². The number of anilines is 2. The molecule has 0 fully saturated rings. The molecular weight excluding hydrogens is 528 g/mol. The number of allylic oxidation sites excluding steroid dienone is 3. The van der Waals surface area contributed by atoms with E-state index in [1.54, 1.807) is 0 Å². The van der Waals surface area contributed by atoms with Crippen LogP contribution in [-0.2, 0) is 0 Å². The third kappa shape index (κ3) is 3.89. The van der Waals surface area contributed by atoms with Crippen LogP contribution < -0.4 is 31.9 Å². The van der Waals surface area contributed by atoms with Crippen LogP contribution in [0.2, 0.25) is 0 Å². The highest BCUT2D eigenvalue weighted by Crippen LogP contribution is 2.57. The van der Waals surface area contributed by atoms with Gasteiger partial charge in [-0.15, -0.1) is 0 Å². The Morgan fingerprint density at radius 1 is 0.524 bits per heavy atom. The van der Waals surface area contributed by atoms with Crippen LogP contribution in [0.1, 0.15) is 0 Å². The van der Waals surface area contributed by atoms with Crippen LogP contribution in [-0.4, -0.2) is 12.0 Å². The van der Waals surface area contributed by atoms with Crippen molar-refractivity contribution in [1.29, 1.82) is 10.5 Å². The number of fused-ring (bicyclic) bond motifs is 2. The van der Waals surface area contributed by atoms with Crippen molar-refractivity contribution in [2.75, 3.05) is 4.90 Å². The Hall–Kier alpha value is -5.28. The Bertz CT molecular complexity index is 1930. The summed E-state index contributed by atoms with van der Waals surface area (Å²) in [6.45, 7) is -2.61. The maximum atomic E-state index is 10.8. The van der Waals surface area contributed by atoms with Crippen LogP contribution in [0, 0.1) is 22.7 Å². The fourth-order valence-electron chi connectivity index (χ4n) is 6.45. The average Bonchev–Trinajstić information content (AvgIpc) is 3.07. The summed E-state index contributed by atoms with van der Waals surface area (Å²) in [5, 5.41) is 24.8. The molecule has 0 atom stereocenters. The predicted molar refractivity (Wildman–Crippen MR) is 178 cm³/mol. The molecule has 0 bridgehead atoms. The Morgan fingerprint density at radius 3 is 1.50 bits per heavy atom. The van der Waals surface area contributed by atoms with E-state index in [9.17, 15) is 10.5 Å². The first-order valence-corrected chi connectivity index (χ1v) is 15.7. The zero-order valence-corrected chi connectivity index (χ0v) is 23.7. The molecular formula is C37H25BN3P. The molecule has 0 radical (unpaired) electrons. The molecule has 2 heterocycles. The Kier molecular flexibility index (Phi) is 6.49. The van der Waals surface area contributed by atoms with Gasteiger partial charge in [0, 0.05) is 24.0 Å². The molecule has 5 aromatic carbocycles. The minimum atomic E-state index is -2.68. The minimum Gasteiger partial charge on any atom is -0.311 e. The Morgan fingerprint density at radius 2 is 1.00 bits per heavy atom. The third-order valence-electron chi connectivity index (χ3n) is 8.18. The zero-order chi connectivity index (χ0) is 28.5. The van der Waals surface area contributed by atoms with Gasteiger partial charge in [-0.3, -0.25) is 0 Å². The molecule has 0 aliphatic carbocycles. The molecule has 5 aromatic rings. The minimum absolute atomic E-state index is 0.0677. The Labute approximate surface area is 247 Å². The number of nitrogens with zero attached hydrogens (tertiary/aromatic N) is 3. The van der Waals surface area contributed by atoms with Crippen LogP contribution in [0.15, 0.2) is 163 Å². The molecule has 3 nitrogen and oxygen atoms in total. The van der Waals surface area contributed by atoms with Gasteiger partial charge in [0.2, 0.25) is 6.71 Å². The lowest BCUT2D eigenvalue weighted by Gasteiger charge is -2.39. The van der Waals surface area contributed by atoms with Crippen LogP contribution in [0.4, 0.5) is 11.4 Å². The lowest BCUT2D eigenvalue weighted by Crippen LogP contribution is -2.57. The molecule has 5 heteroatoms. The topological polar surface area (TPSA) is 50.8 Å². The lowest BCUT2D eigenvalue weighted by molar-refractivity contribution is 1.22. The summed E-state index contributed by atoms with van der Waals surface area (Å²) in [5.41, 5.74) is 6.51. The number of hydrogen-bond donors (Lipinski definition) is 0. The van der Waals surface area contributed by atoms with Crippen molar-refractivity contribution in [3.8, 4) is 12.1 Å². The summed E-state index contributed by atoms with van der Waals surface area (Å²) in [4.78, 5) is 2.22. The van der Waals surface area contributed by atoms with Gasteiger partial charge >= 0.3 is 0 Å². The molecule has 7 rings (SSSR count). The first-order chi connectivity index (χ1) is 20.8. The molecule has 0 saturated heterocycles. The van der Waals surface area contributed by atoms with Gasteiger partial charge in [-0.25, -0.2) is 0 Å². The van der Waals surface area contributed by atoms with E-state index in [-0.39, 0.29) is 6.71 Å². The molecule has 0 amide bonds. The highest BCUT2D eigenvalue weighted by Gasteiger charge is 2.39. The highest BCUT2D eigenvalue weighted by molar-refractivity contribution is 7.93. The van der Waals surface area contributed by atoms with Gasteiger partial charge in [-0.2, -0.15) is 10.5 Å². The molecule has 2 aliphatic rings. The molecule has 2 aliphatic heterocycles. The summed E-state index contributed by atoms with van der Waals surface area (Å²) in [5.74, 6) is 0. The van der Waals surface area contributed by atoms with Crippen molar-refractivity contribution in [2.45, 2.75) is 0 Å². The second-order valence-electron chi connectivity index (χ2n) is 10.3. The van der Waals surface area contributed by atoms with Gasteiger partial charge in [0.05, 0.1) is 10.6 Å². The molecule has 0 aromatic heterocycles. The largest absolute Gasteiger partial charge is 0.311 e. The van der Waals surface area contributed by atoms with E-state index >= 15 is 0 Å². The van der Waals surface area contributed by atoms with E-state index in [2.05, 4.69) is 114 Å². The second kappa shape index (κ2) is 10.6. The number of nitriles is 2. The second-order valence-corrected chi connectivity index (χ2v) is 13.7. The van der Waals surface area contributed by atoms with Gasteiger partial charge in [0.1, 0.15) is 12.1 Å². The quantitative estimate of drug-likeness (QED) is 0.224. The number of benzene rings is 5. The summed E-state index contributed by atoms with van der Waals surface area (Å²) in [7, 11) is 0. The number of hydrogen-bond acceptors (Lipinski definition) is 3. The fourth-order valence-corrected chi connectivity index (χ4v) is 10.3. The van der Waals surface area contributed by atoms with E-state index in [4.69, 9.17) is 0 Å². The molecule has 196 valence electrons. The van der Waals surface area contributed by atoms with E-state index in [0.717, 1.165) is 27.7 Å². The van der Waals surface area contributed by atoms with Crippen molar-refractivity contribution < 1.29 is 0 Å². The third-order valence-corrected chi connectivity index (χ3v) is 12.2. The summed E-state index contributed by atoms with van der Waals surface area (Å²) < 4.78 is 0. The number of rotatable bonds is 4. The molecule has 0 N–H and O–H groups in total. The zero-order valence-electron chi connectivity index (χ0n) is 22.8. The van der Waals surface area contributed by atoms with Gasteiger partial charge in [0.25, 0.3) is 0 Å². The van der Waals surface area contributed by atoms with Gasteiger partial charge in [0.15, 0.2) is 0 Å². The lowest BCUT2D eigenvalue weighted by atomic mass is 9.35. The van der Waals surface area contributed by atoms with Crippen LogP contribution >= 0.6 is 6.89 Å². The van der Waals surface area contributed by atoms with Crippen LogP contribution in [0.3, 0.4) is 0 Å². The molecule has 0 saturated carbocycles. The first-order valence-electron chi connectivity index (χ1n) is 13.9. The Balaban J connectivity index is 1.53. The maximum absolute atomic E-state index is 10.8. The summed E-state index contributed by atoms with van der Waals surface area (Å²) in [6.07, 6.45) is 4.04. The predicted octanol–water partition coefficient (Wildman–Crippen LogP) is 5.32. The SMILES string of the molecule is N#CC1=CC(N2c3ccccc3B(c3ccccc3)c3ccccc32)=CC(C#N)=P1(c1ccccc1)c1ccccc1. The van der Waals surface area contributed by atoms with E-state index in [0.29, 0.717) is 10.6 Å². The van der Waals surface area contributed by atoms with Crippen LogP contribution in [0.25, 0.3) is 0 Å². The summed E-state index contributed by atoms with van der Waals surface area (Å²) >= 11 is 0. The van der Waals surface area contributed by atoms with Gasteiger partial charge < -0.3 is 4.90 Å². The smallest absolute Gasteiger partial charge is 0.246 e. The molecule has 0 unspecified atom stereocenters. The fraction of sp³-hybridized carbons (Fsp3) is 0. The van der Waals surface area contributed by atoms with Crippen molar-refractivity contribution >= 4 is 57.3 Å². The maximum Gasteiger partial charge on any atom is 0.246 e.